The molecule has 0 bridgehead atoms. The van der Waals surface area contributed by atoms with Gasteiger partial charge in [0.15, 0.2) is 0 Å². The van der Waals surface area contributed by atoms with Crippen LogP contribution >= 0.6 is 27.5 Å². The number of halogens is 3. The summed E-state index contributed by atoms with van der Waals surface area (Å²) < 4.78 is 13.4. The van der Waals surface area contributed by atoms with Crippen LogP contribution in [0.4, 0.5) is 10.1 Å². The van der Waals surface area contributed by atoms with Gasteiger partial charge in [-0.05, 0) is 64.8 Å². The highest BCUT2D eigenvalue weighted by molar-refractivity contribution is 9.10. The second-order valence-electron chi connectivity index (χ2n) is 4.05. The average Bonchev–Trinajstić information content (AvgIpc) is 2.37. The molecule has 0 aliphatic carbocycles. The van der Waals surface area contributed by atoms with E-state index in [-0.39, 0.29) is 11.7 Å². The summed E-state index contributed by atoms with van der Waals surface area (Å²) in [5, 5.41) is 3.31. The molecule has 0 radical (unpaired) electrons. The molecule has 0 fully saturated rings. The van der Waals surface area contributed by atoms with E-state index < -0.39 is 0 Å². The molecular formula is C14H10BrClFNO. The highest BCUT2D eigenvalue weighted by atomic mass is 79.9. The first-order chi connectivity index (χ1) is 8.97. The molecule has 2 rings (SSSR count). The van der Waals surface area contributed by atoms with E-state index in [1.165, 1.54) is 18.2 Å². The van der Waals surface area contributed by atoms with E-state index in [0.717, 1.165) is 5.56 Å². The predicted octanol–water partition coefficient (Wildman–Crippen LogP) is 4.80. The van der Waals surface area contributed by atoms with Crippen molar-refractivity contribution in [2.75, 3.05) is 5.32 Å². The van der Waals surface area contributed by atoms with Gasteiger partial charge in [0.25, 0.3) is 5.91 Å². The Balaban J connectivity index is 2.20. The van der Waals surface area contributed by atoms with Gasteiger partial charge in [0, 0.05) is 16.3 Å². The maximum absolute atomic E-state index is 13.1. The number of anilines is 1. The van der Waals surface area contributed by atoms with Crippen LogP contribution in [0.25, 0.3) is 0 Å². The summed E-state index contributed by atoms with van der Waals surface area (Å²) in [5.41, 5.74) is 1.85. The monoisotopic (exact) mass is 341 g/mol. The Bertz CT molecular complexity index is 645. The molecule has 0 aromatic heterocycles. The molecule has 2 aromatic rings. The van der Waals surface area contributed by atoms with E-state index >= 15 is 0 Å². The Morgan fingerprint density at radius 1 is 1.26 bits per heavy atom. The SMILES string of the molecule is Cc1cc(C(=O)Nc2ccc(F)c(Br)c2)ccc1Cl. The van der Waals surface area contributed by atoms with Crippen LogP contribution in [0.2, 0.25) is 5.02 Å². The Hall–Kier alpha value is -1.39. The fourth-order valence-corrected chi connectivity index (χ4v) is 2.06. The standard InChI is InChI=1S/C14H10BrClFNO/c1-8-6-9(2-4-12(8)16)14(19)18-10-3-5-13(17)11(15)7-10/h2-7H,1H3,(H,18,19). The quantitative estimate of drug-likeness (QED) is 0.834. The molecule has 5 heteroatoms. The van der Waals surface area contributed by atoms with Crippen molar-refractivity contribution in [1.82, 2.24) is 0 Å². The van der Waals surface area contributed by atoms with Crippen LogP contribution in [0.15, 0.2) is 40.9 Å². The van der Waals surface area contributed by atoms with Crippen LogP contribution in [0, 0.1) is 12.7 Å². The van der Waals surface area contributed by atoms with Gasteiger partial charge in [0.05, 0.1) is 4.47 Å². The number of amides is 1. The number of hydrogen-bond donors (Lipinski definition) is 1. The number of benzene rings is 2. The molecule has 2 nitrogen and oxygen atoms in total. The molecule has 0 heterocycles. The lowest BCUT2D eigenvalue weighted by atomic mass is 10.1. The van der Waals surface area contributed by atoms with Crippen molar-refractivity contribution in [3.63, 3.8) is 0 Å². The van der Waals surface area contributed by atoms with Gasteiger partial charge in [-0.2, -0.15) is 0 Å². The van der Waals surface area contributed by atoms with Crippen LogP contribution in [0.3, 0.4) is 0 Å². The van der Waals surface area contributed by atoms with Crippen molar-refractivity contribution in [2.45, 2.75) is 6.92 Å². The molecular weight excluding hydrogens is 333 g/mol. The fourth-order valence-electron chi connectivity index (χ4n) is 1.56. The first kappa shape index (κ1) is 14.0. The van der Waals surface area contributed by atoms with Crippen LogP contribution in [-0.4, -0.2) is 5.91 Å². The smallest absolute Gasteiger partial charge is 0.255 e. The predicted molar refractivity (Wildman–Crippen MR) is 78.2 cm³/mol. The van der Waals surface area contributed by atoms with E-state index in [4.69, 9.17) is 11.6 Å². The maximum Gasteiger partial charge on any atom is 0.255 e. The first-order valence-corrected chi connectivity index (χ1v) is 6.67. The highest BCUT2D eigenvalue weighted by Crippen LogP contribution is 2.21. The Morgan fingerprint density at radius 2 is 2.00 bits per heavy atom. The second-order valence-corrected chi connectivity index (χ2v) is 5.31. The van der Waals surface area contributed by atoms with Gasteiger partial charge in [0.1, 0.15) is 5.82 Å². The molecule has 0 saturated heterocycles. The fraction of sp³-hybridized carbons (Fsp3) is 0.0714. The molecule has 1 N–H and O–H groups in total. The minimum absolute atomic E-state index is 0.265. The van der Waals surface area contributed by atoms with Crippen molar-refractivity contribution < 1.29 is 9.18 Å². The molecule has 98 valence electrons. The topological polar surface area (TPSA) is 29.1 Å². The summed E-state index contributed by atoms with van der Waals surface area (Å²) in [6, 6.07) is 9.31. The summed E-state index contributed by atoms with van der Waals surface area (Å²) in [7, 11) is 0. The van der Waals surface area contributed by atoms with Crippen LogP contribution in [0.1, 0.15) is 15.9 Å². The lowest BCUT2D eigenvalue weighted by Crippen LogP contribution is -2.12. The van der Waals surface area contributed by atoms with Crippen LogP contribution in [0.5, 0.6) is 0 Å². The van der Waals surface area contributed by atoms with Gasteiger partial charge < -0.3 is 5.32 Å². The highest BCUT2D eigenvalue weighted by Gasteiger charge is 2.08. The minimum Gasteiger partial charge on any atom is -0.322 e. The number of carbonyl (C=O) groups is 1. The van der Waals surface area contributed by atoms with Crippen molar-refractivity contribution in [3.8, 4) is 0 Å². The average molecular weight is 343 g/mol. The molecule has 1 amide bonds. The molecule has 19 heavy (non-hydrogen) atoms. The van der Waals surface area contributed by atoms with Crippen LogP contribution in [-0.2, 0) is 0 Å². The van der Waals surface area contributed by atoms with Gasteiger partial charge in [-0.25, -0.2) is 4.39 Å². The van der Waals surface area contributed by atoms with E-state index in [9.17, 15) is 9.18 Å². The van der Waals surface area contributed by atoms with E-state index in [1.807, 2.05) is 6.92 Å². The third kappa shape index (κ3) is 3.33. The number of carbonyl (C=O) groups excluding carboxylic acids is 1. The van der Waals surface area contributed by atoms with Gasteiger partial charge >= 0.3 is 0 Å². The number of hydrogen-bond acceptors (Lipinski definition) is 1. The zero-order valence-corrected chi connectivity index (χ0v) is 12.3. The van der Waals surface area contributed by atoms with Crippen molar-refractivity contribution in [2.24, 2.45) is 0 Å². The summed E-state index contributed by atoms with van der Waals surface area (Å²) in [6.07, 6.45) is 0. The molecule has 0 atom stereocenters. The number of aryl methyl sites for hydroxylation is 1. The van der Waals surface area contributed by atoms with E-state index in [1.54, 1.807) is 18.2 Å². The molecule has 0 unspecified atom stereocenters. The second kappa shape index (κ2) is 5.72. The van der Waals surface area contributed by atoms with Crippen LogP contribution < -0.4 is 5.32 Å². The molecule has 0 saturated carbocycles. The molecule has 0 spiro atoms. The third-order valence-electron chi connectivity index (χ3n) is 2.60. The van der Waals surface area contributed by atoms with Crippen molar-refractivity contribution in [1.29, 1.82) is 0 Å². The Morgan fingerprint density at radius 3 is 2.63 bits per heavy atom. The third-order valence-corrected chi connectivity index (χ3v) is 3.63. The Labute approximate surface area is 123 Å². The zero-order valence-electron chi connectivity index (χ0n) is 10.0. The summed E-state index contributed by atoms with van der Waals surface area (Å²) >= 11 is 8.97. The zero-order chi connectivity index (χ0) is 14.0. The summed E-state index contributed by atoms with van der Waals surface area (Å²) in [4.78, 5) is 12.0. The summed E-state index contributed by atoms with van der Waals surface area (Å²) in [5.74, 6) is -0.640. The molecule has 2 aromatic carbocycles. The van der Waals surface area contributed by atoms with Gasteiger partial charge in [-0.15, -0.1) is 0 Å². The van der Waals surface area contributed by atoms with E-state index in [2.05, 4.69) is 21.2 Å². The first-order valence-electron chi connectivity index (χ1n) is 5.50. The summed E-state index contributed by atoms with van der Waals surface area (Å²) in [6.45, 7) is 1.83. The molecule has 0 aliphatic heterocycles. The molecule has 0 aliphatic rings. The van der Waals surface area contributed by atoms with Crippen molar-refractivity contribution >= 4 is 39.1 Å². The maximum atomic E-state index is 13.1. The van der Waals surface area contributed by atoms with Crippen molar-refractivity contribution in [3.05, 3.63) is 62.8 Å². The largest absolute Gasteiger partial charge is 0.322 e. The van der Waals surface area contributed by atoms with Gasteiger partial charge in [0.2, 0.25) is 0 Å². The number of nitrogens with one attached hydrogen (secondary N) is 1. The lowest BCUT2D eigenvalue weighted by Gasteiger charge is -2.07. The van der Waals surface area contributed by atoms with E-state index in [0.29, 0.717) is 20.7 Å². The van der Waals surface area contributed by atoms with Gasteiger partial charge in [-0.3, -0.25) is 4.79 Å². The Kier molecular flexibility index (Phi) is 4.22. The lowest BCUT2D eigenvalue weighted by molar-refractivity contribution is 0.102. The minimum atomic E-state index is -0.375. The van der Waals surface area contributed by atoms with Gasteiger partial charge in [-0.1, -0.05) is 11.6 Å². The number of rotatable bonds is 2. The normalized spacial score (nSPS) is 10.3.